The van der Waals surface area contributed by atoms with Gasteiger partial charge in [-0.1, -0.05) is 23.2 Å². The van der Waals surface area contributed by atoms with Gasteiger partial charge in [0.15, 0.2) is 0 Å². The van der Waals surface area contributed by atoms with Gasteiger partial charge in [0.2, 0.25) is 0 Å². The number of carboxylic acids is 1. The number of anilines is 1. The van der Waals surface area contributed by atoms with Crippen molar-refractivity contribution in [2.75, 3.05) is 11.9 Å². The van der Waals surface area contributed by atoms with Gasteiger partial charge >= 0.3 is 5.97 Å². The molecule has 0 bridgehead atoms. The first-order chi connectivity index (χ1) is 7.26. The lowest BCUT2D eigenvalue weighted by Crippen LogP contribution is -2.48. The molecule has 0 heterocycles. The first-order valence-corrected chi connectivity index (χ1v) is 5.44. The highest BCUT2D eigenvalue weighted by Gasteiger charge is 2.32. The molecular weight excluding hydrogens is 249 g/mol. The van der Waals surface area contributed by atoms with Crippen molar-refractivity contribution < 1.29 is 9.90 Å². The highest BCUT2D eigenvalue weighted by atomic mass is 35.5. The first-order valence-electron chi connectivity index (χ1n) is 4.69. The summed E-state index contributed by atoms with van der Waals surface area (Å²) >= 11 is 11.7. The highest BCUT2D eigenvalue weighted by Crippen LogP contribution is 2.29. The van der Waals surface area contributed by atoms with Crippen LogP contribution in [0.4, 0.5) is 5.69 Å². The Hall–Kier alpha value is -0.930. The van der Waals surface area contributed by atoms with Crippen LogP contribution in [0.2, 0.25) is 10.0 Å². The third kappa shape index (κ3) is 2.42. The molecule has 5 heteroatoms. The van der Waals surface area contributed by atoms with Gasteiger partial charge in [0.1, 0.15) is 5.54 Å². The Labute approximate surface area is 105 Å². The normalized spacial score (nSPS) is 11.3. The van der Waals surface area contributed by atoms with Crippen LogP contribution >= 0.6 is 23.2 Å². The molecule has 0 amide bonds. The molecule has 0 saturated heterocycles. The van der Waals surface area contributed by atoms with E-state index in [-0.39, 0.29) is 0 Å². The second-order valence-corrected chi connectivity index (χ2v) is 4.84. The quantitative estimate of drug-likeness (QED) is 0.908. The maximum atomic E-state index is 11.1. The zero-order valence-corrected chi connectivity index (χ0v) is 10.8. The molecule has 3 nitrogen and oxygen atoms in total. The number of carbonyl (C=O) groups is 1. The summed E-state index contributed by atoms with van der Waals surface area (Å²) in [4.78, 5) is 12.7. The fourth-order valence-corrected chi connectivity index (χ4v) is 1.45. The van der Waals surface area contributed by atoms with Crippen LogP contribution in [-0.4, -0.2) is 23.7 Å². The van der Waals surface area contributed by atoms with Crippen LogP contribution in [0.25, 0.3) is 0 Å². The molecule has 0 atom stereocenters. The Morgan fingerprint density at radius 2 is 1.88 bits per heavy atom. The van der Waals surface area contributed by atoms with E-state index in [1.54, 1.807) is 44.0 Å². The summed E-state index contributed by atoms with van der Waals surface area (Å²) in [6, 6.07) is 5.03. The summed E-state index contributed by atoms with van der Waals surface area (Å²) in [5, 5.41) is 9.96. The minimum atomic E-state index is -1.00. The number of likely N-dealkylation sites (N-methyl/N-ethyl adjacent to an activating group) is 1. The number of hydrogen-bond acceptors (Lipinski definition) is 2. The van der Waals surface area contributed by atoms with Gasteiger partial charge < -0.3 is 10.0 Å². The van der Waals surface area contributed by atoms with Gasteiger partial charge in [-0.05, 0) is 32.0 Å². The van der Waals surface area contributed by atoms with Crippen molar-refractivity contribution in [3.8, 4) is 0 Å². The molecule has 1 N–H and O–H groups in total. The van der Waals surface area contributed by atoms with Gasteiger partial charge in [0.05, 0.1) is 10.0 Å². The fraction of sp³-hybridized carbons (Fsp3) is 0.364. The minimum Gasteiger partial charge on any atom is -0.480 e. The zero-order valence-electron chi connectivity index (χ0n) is 9.29. The number of hydrogen-bond donors (Lipinski definition) is 1. The molecule has 0 aliphatic rings. The molecule has 1 rings (SSSR count). The van der Waals surface area contributed by atoms with Crippen LogP contribution in [0.5, 0.6) is 0 Å². The Balaban J connectivity index is 3.10. The zero-order chi connectivity index (χ0) is 12.5. The standard InChI is InChI=1S/C11H13Cl2NO2/c1-11(2,10(15)16)14(3)7-4-5-8(12)9(13)6-7/h4-6H,1-3H3,(H,15,16). The molecule has 0 radical (unpaired) electrons. The minimum absolute atomic E-state index is 0.409. The molecule has 0 aromatic heterocycles. The smallest absolute Gasteiger partial charge is 0.328 e. The van der Waals surface area contributed by atoms with Crippen molar-refractivity contribution >= 4 is 34.9 Å². The predicted octanol–water partition coefficient (Wildman–Crippen LogP) is 3.29. The van der Waals surface area contributed by atoms with Crippen LogP contribution in [-0.2, 0) is 4.79 Å². The molecule has 0 fully saturated rings. The average Bonchev–Trinajstić information content (AvgIpc) is 2.20. The Morgan fingerprint density at radius 3 is 2.31 bits per heavy atom. The van der Waals surface area contributed by atoms with Gasteiger partial charge in [-0.2, -0.15) is 0 Å². The van der Waals surface area contributed by atoms with E-state index < -0.39 is 11.5 Å². The number of halogens is 2. The van der Waals surface area contributed by atoms with E-state index in [2.05, 4.69) is 0 Å². The van der Waals surface area contributed by atoms with Crippen molar-refractivity contribution in [3.63, 3.8) is 0 Å². The monoisotopic (exact) mass is 261 g/mol. The molecule has 0 saturated carbocycles. The summed E-state index contributed by atoms with van der Waals surface area (Å²) < 4.78 is 0. The summed E-state index contributed by atoms with van der Waals surface area (Å²) in [6.45, 7) is 3.25. The number of benzene rings is 1. The lowest BCUT2D eigenvalue weighted by atomic mass is 10.0. The van der Waals surface area contributed by atoms with Gasteiger partial charge in [-0.3, -0.25) is 0 Å². The van der Waals surface area contributed by atoms with Gasteiger partial charge in [-0.15, -0.1) is 0 Å². The van der Waals surface area contributed by atoms with E-state index in [4.69, 9.17) is 28.3 Å². The van der Waals surface area contributed by atoms with Gasteiger partial charge in [-0.25, -0.2) is 4.79 Å². The van der Waals surface area contributed by atoms with Crippen molar-refractivity contribution in [3.05, 3.63) is 28.2 Å². The number of carboxylic acid groups (broad SMARTS) is 1. The molecule has 88 valence electrons. The molecule has 0 unspecified atom stereocenters. The number of rotatable bonds is 3. The molecule has 1 aromatic carbocycles. The summed E-state index contributed by atoms with van der Waals surface area (Å²) in [7, 11) is 1.70. The molecule has 0 spiro atoms. The number of aliphatic carboxylic acids is 1. The average molecular weight is 262 g/mol. The van der Waals surface area contributed by atoms with Crippen molar-refractivity contribution in [1.29, 1.82) is 0 Å². The third-order valence-electron chi connectivity index (χ3n) is 2.65. The van der Waals surface area contributed by atoms with Crippen molar-refractivity contribution in [2.24, 2.45) is 0 Å². The molecule has 16 heavy (non-hydrogen) atoms. The third-order valence-corrected chi connectivity index (χ3v) is 3.39. The van der Waals surface area contributed by atoms with E-state index in [1.165, 1.54) is 0 Å². The van der Waals surface area contributed by atoms with Crippen LogP contribution in [0.1, 0.15) is 13.8 Å². The van der Waals surface area contributed by atoms with Gasteiger partial charge in [0, 0.05) is 12.7 Å². The van der Waals surface area contributed by atoms with E-state index in [0.717, 1.165) is 0 Å². The Morgan fingerprint density at radius 1 is 1.31 bits per heavy atom. The Kier molecular flexibility index (Phi) is 3.71. The predicted molar refractivity (Wildman–Crippen MR) is 66.6 cm³/mol. The van der Waals surface area contributed by atoms with Crippen LogP contribution in [0, 0.1) is 0 Å². The summed E-state index contributed by atoms with van der Waals surface area (Å²) in [5.41, 5.74) is -0.293. The lowest BCUT2D eigenvalue weighted by Gasteiger charge is -2.33. The van der Waals surface area contributed by atoms with E-state index >= 15 is 0 Å². The second-order valence-electron chi connectivity index (χ2n) is 4.02. The molecule has 0 aliphatic heterocycles. The lowest BCUT2D eigenvalue weighted by molar-refractivity contribution is -0.142. The maximum Gasteiger partial charge on any atom is 0.328 e. The van der Waals surface area contributed by atoms with E-state index in [9.17, 15) is 4.79 Å². The van der Waals surface area contributed by atoms with Crippen LogP contribution in [0.15, 0.2) is 18.2 Å². The largest absolute Gasteiger partial charge is 0.480 e. The fourth-order valence-electron chi connectivity index (χ4n) is 1.16. The summed E-state index contributed by atoms with van der Waals surface area (Å²) in [5.74, 6) is -0.902. The maximum absolute atomic E-state index is 11.1. The molecule has 1 aromatic rings. The van der Waals surface area contributed by atoms with E-state index in [1.807, 2.05) is 0 Å². The SMILES string of the molecule is CN(c1ccc(Cl)c(Cl)c1)C(C)(C)C(=O)O. The van der Waals surface area contributed by atoms with Crippen molar-refractivity contribution in [2.45, 2.75) is 19.4 Å². The van der Waals surface area contributed by atoms with Gasteiger partial charge in [0.25, 0.3) is 0 Å². The van der Waals surface area contributed by atoms with Crippen LogP contribution < -0.4 is 4.90 Å². The van der Waals surface area contributed by atoms with E-state index in [0.29, 0.717) is 15.7 Å². The Bertz CT molecular complexity index is 418. The summed E-state index contributed by atoms with van der Waals surface area (Å²) in [6.07, 6.45) is 0. The van der Waals surface area contributed by atoms with Crippen LogP contribution in [0.3, 0.4) is 0 Å². The number of nitrogens with zero attached hydrogens (tertiary/aromatic N) is 1. The second kappa shape index (κ2) is 4.52. The molecule has 0 aliphatic carbocycles. The highest BCUT2D eigenvalue weighted by molar-refractivity contribution is 6.42. The first kappa shape index (κ1) is 13.1. The van der Waals surface area contributed by atoms with Crippen molar-refractivity contribution in [1.82, 2.24) is 0 Å². The molecular formula is C11H13Cl2NO2. The topological polar surface area (TPSA) is 40.5 Å².